The van der Waals surface area contributed by atoms with Crippen LogP contribution in [0, 0.1) is 0 Å². The normalized spacial score (nSPS) is 29.3. The van der Waals surface area contributed by atoms with Gasteiger partial charge >= 0.3 is 5.97 Å². The van der Waals surface area contributed by atoms with E-state index in [0.717, 1.165) is 32.5 Å². The number of carbonyl (C=O) groups is 1. The van der Waals surface area contributed by atoms with Crippen LogP contribution in [0.4, 0.5) is 0 Å². The van der Waals surface area contributed by atoms with Gasteiger partial charge in [0.2, 0.25) is 0 Å². The number of likely N-dealkylation sites (tertiary alicyclic amines) is 2. The maximum Gasteiger partial charge on any atom is 0.320 e. The fourth-order valence-electron chi connectivity index (χ4n) is 2.70. The Morgan fingerprint density at radius 2 is 1.94 bits per heavy atom. The Balaban J connectivity index is 1.90. The first-order valence-corrected chi connectivity index (χ1v) is 6.13. The van der Waals surface area contributed by atoms with Gasteiger partial charge in [0, 0.05) is 24.7 Å². The molecular weight excluding hydrogens is 204 g/mol. The van der Waals surface area contributed by atoms with E-state index in [0.29, 0.717) is 6.04 Å². The van der Waals surface area contributed by atoms with Crippen molar-refractivity contribution in [3.8, 4) is 0 Å². The Kier molecular flexibility index (Phi) is 2.97. The van der Waals surface area contributed by atoms with Gasteiger partial charge in [-0.2, -0.15) is 0 Å². The molecular formula is C12H22N2O2. The van der Waals surface area contributed by atoms with Crippen molar-refractivity contribution < 1.29 is 9.90 Å². The lowest BCUT2D eigenvalue weighted by Gasteiger charge is -2.51. The smallest absolute Gasteiger partial charge is 0.320 e. The van der Waals surface area contributed by atoms with Crippen molar-refractivity contribution in [2.24, 2.45) is 0 Å². The summed E-state index contributed by atoms with van der Waals surface area (Å²) >= 11 is 0. The fourth-order valence-corrected chi connectivity index (χ4v) is 2.70. The van der Waals surface area contributed by atoms with Gasteiger partial charge in [0.15, 0.2) is 0 Å². The molecule has 0 bridgehead atoms. The van der Waals surface area contributed by atoms with E-state index >= 15 is 0 Å². The summed E-state index contributed by atoms with van der Waals surface area (Å²) in [6.45, 7) is 9.63. The molecule has 0 radical (unpaired) electrons. The molecule has 0 aromatic carbocycles. The van der Waals surface area contributed by atoms with Gasteiger partial charge in [-0.25, -0.2) is 0 Å². The topological polar surface area (TPSA) is 43.8 Å². The predicted octanol–water partition coefficient (Wildman–Crippen LogP) is 1.02. The highest BCUT2D eigenvalue weighted by Gasteiger charge is 2.43. The molecule has 2 rings (SSSR count). The second kappa shape index (κ2) is 4.00. The SMILES string of the molecule is CC(C)(C)N1CC(N2CCCC2C(=O)O)C1. The van der Waals surface area contributed by atoms with Crippen LogP contribution < -0.4 is 0 Å². The van der Waals surface area contributed by atoms with Gasteiger partial charge in [-0.15, -0.1) is 0 Å². The van der Waals surface area contributed by atoms with E-state index < -0.39 is 5.97 Å². The molecule has 2 heterocycles. The van der Waals surface area contributed by atoms with Crippen LogP contribution in [0.5, 0.6) is 0 Å². The summed E-state index contributed by atoms with van der Waals surface area (Å²) in [6, 6.07) is 0.231. The van der Waals surface area contributed by atoms with Gasteiger partial charge in [0.1, 0.15) is 6.04 Å². The third kappa shape index (κ3) is 2.09. The molecule has 0 amide bonds. The van der Waals surface area contributed by atoms with Crippen LogP contribution in [0.1, 0.15) is 33.6 Å². The number of nitrogens with zero attached hydrogens (tertiary/aromatic N) is 2. The van der Waals surface area contributed by atoms with Gasteiger partial charge in [-0.3, -0.25) is 14.6 Å². The molecule has 0 saturated carbocycles. The lowest BCUT2D eigenvalue weighted by molar-refractivity contribution is -0.145. The van der Waals surface area contributed by atoms with Gasteiger partial charge in [-0.05, 0) is 40.2 Å². The summed E-state index contributed by atoms with van der Waals surface area (Å²) in [5, 5.41) is 9.12. The second-order valence-corrected chi connectivity index (χ2v) is 5.96. The summed E-state index contributed by atoms with van der Waals surface area (Å²) in [7, 11) is 0. The van der Waals surface area contributed by atoms with Crippen LogP contribution in [-0.4, -0.2) is 58.1 Å². The Morgan fingerprint density at radius 3 is 2.44 bits per heavy atom. The zero-order valence-electron chi connectivity index (χ0n) is 10.4. The molecule has 2 aliphatic heterocycles. The van der Waals surface area contributed by atoms with Gasteiger partial charge in [-0.1, -0.05) is 0 Å². The van der Waals surface area contributed by atoms with E-state index in [4.69, 9.17) is 5.11 Å². The molecule has 0 spiro atoms. The van der Waals surface area contributed by atoms with Gasteiger partial charge in [0.05, 0.1) is 0 Å². The van der Waals surface area contributed by atoms with Gasteiger partial charge < -0.3 is 5.11 Å². The molecule has 1 N–H and O–H groups in total. The van der Waals surface area contributed by atoms with E-state index in [2.05, 4.69) is 30.6 Å². The summed E-state index contributed by atoms with van der Waals surface area (Å²) in [4.78, 5) is 15.7. The maximum atomic E-state index is 11.1. The summed E-state index contributed by atoms with van der Waals surface area (Å²) in [5.74, 6) is -0.647. The first-order valence-electron chi connectivity index (χ1n) is 6.13. The largest absolute Gasteiger partial charge is 0.480 e. The molecule has 2 aliphatic rings. The Labute approximate surface area is 97.2 Å². The van der Waals surface area contributed by atoms with Crippen LogP contribution in [-0.2, 0) is 4.79 Å². The lowest BCUT2D eigenvalue weighted by Crippen LogP contribution is -2.65. The predicted molar refractivity (Wildman–Crippen MR) is 62.5 cm³/mol. The molecule has 2 saturated heterocycles. The van der Waals surface area contributed by atoms with Crippen LogP contribution >= 0.6 is 0 Å². The van der Waals surface area contributed by atoms with Crippen LogP contribution in [0.3, 0.4) is 0 Å². The van der Waals surface area contributed by atoms with Crippen molar-refractivity contribution in [2.45, 2.75) is 51.2 Å². The molecule has 0 aromatic rings. The highest BCUT2D eigenvalue weighted by molar-refractivity contribution is 5.73. The molecule has 0 aromatic heterocycles. The van der Waals surface area contributed by atoms with E-state index in [-0.39, 0.29) is 11.6 Å². The zero-order valence-corrected chi connectivity index (χ0v) is 10.4. The maximum absolute atomic E-state index is 11.1. The lowest BCUT2D eigenvalue weighted by atomic mass is 9.96. The Bertz CT molecular complexity index is 279. The number of carboxylic acid groups (broad SMARTS) is 1. The Hall–Kier alpha value is -0.610. The third-order valence-corrected chi connectivity index (χ3v) is 3.86. The average Bonchev–Trinajstić information content (AvgIpc) is 2.46. The molecule has 0 aliphatic carbocycles. The van der Waals surface area contributed by atoms with Crippen molar-refractivity contribution in [1.82, 2.24) is 9.80 Å². The summed E-state index contributed by atoms with van der Waals surface area (Å²) in [6.07, 6.45) is 1.85. The first-order chi connectivity index (χ1) is 7.39. The number of hydrogen-bond donors (Lipinski definition) is 1. The van der Waals surface area contributed by atoms with Crippen molar-refractivity contribution in [3.63, 3.8) is 0 Å². The third-order valence-electron chi connectivity index (χ3n) is 3.86. The van der Waals surface area contributed by atoms with E-state index in [1.165, 1.54) is 0 Å². The number of rotatable bonds is 2. The number of hydrogen-bond acceptors (Lipinski definition) is 3. The monoisotopic (exact) mass is 226 g/mol. The van der Waals surface area contributed by atoms with Crippen molar-refractivity contribution in [2.75, 3.05) is 19.6 Å². The average molecular weight is 226 g/mol. The molecule has 1 unspecified atom stereocenters. The van der Waals surface area contributed by atoms with Crippen LogP contribution in [0.15, 0.2) is 0 Å². The van der Waals surface area contributed by atoms with E-state index in [1.54, 1.807) is 0 Å². The molecule has 1 atom stereocenters. The standard InChI is InChI=1S/C12H22N2O2/c1-12(2,3)13-7-9(8-13)14-6-4-5-10(14)11(15)16/h9-10H,4-8H2,1-3H3,(H,15,16). The first kappa shape index (κ1) is 11.9. The molecule has 16 heavy (non-hydrogen) atoms. The number of carboxylic acids is 1. The minimum absolute atomic E-state index is 0.217. The minimum Gasteiger partial charge on any atom is -0.480 e. The molecule has 4 nitrogen and oxygen atoms in total. The van der Waals surface area contributed by atoms with E-state index in [9.17, 15) is 4.79 Å². The van der Waals surface area contributed by atoms with Gasteiger partial charge in [0.25, 0.3) is 0 Å². The molecule has 2 fully saturated rings. The van der Waals surface area contributed by atoms with Crippen molar-refractivity contribution >= 4 is 5.97 Å². The van der Waals surface area contributed by atoms with Crippen LogP contribution in [0.25, 0.3) is 0 Å². The van der Waals surface area contributed by atoms with Crippen molar-refractivity contribution in [3.05, 3.63) is 0 Å². The quantitative estimate of drug-likeness (QED) is 0.763. The fraction of sp³-hybridized carbons (Fsp3) is 0.917. The summed E-state index contributed by atoms with van der Waals surface area (Å²) < 4.78 is 0. The second-order valence-electron chi connectivity index (χ2n) is 5.96. The highest BCUT2D eigenvalue weighted by Crippen LogP contribution is 2.29. The van der Waals surface area contributed by atoms with E-state index in [1.807, 2.05) is 0 Å². The number of aliphatic carboxylic acids is 1. The van der Waals surface area contributed by atoms with Crippen LogP contribution in [0.2, 0.25) is 0 Å². The molecule has 92 valence electrons. The summed E-state index contributed by atoms with van der Waals surface area (Å²) in [5.41, 5.74) is 0.217. The molecule has 4 heteroatoms. The zero-order chi connectivity index (χ0) is 11.9. The Morgan fingerprint density at radius 1 is 1.31 bits per heavy atom. The minimum atomic E-state index is -0.647. The van der Waals surface area contributed by atoms with Crippen molar-refractivity contribution in [1.29, 1.82) is 0 Å². The highest BCUT2D eigenvalue weighted by atomic mass is 16.4.